The largest absolute Gasteiger partial charge is 0.351 e. The molecule has 0 fully saturated rings. The number of carbonyl (C=O) groups is 1. The van der Waals surface area contributed by atoms with E-state index < -0.39 is 4.92 Å². The molecule has 0 saturated carbocycles. The van der Waals surface area contributed by atoms with Gasteiger partial charge in [-0.05, 0) is 23.8 Å². The zero-order valence-corrected chi connectivity index (χ0v) is 16.1. The third-order valence-electron chi connectivity index (χ3n) is 3.78. The third kappa shape index (κ3) is 5.28. The van der Waals surface area contributed by atoms with Crippen molar-refractivity contribution in [1.29, 1.82) is 0 Å². The Morgan fingerprint density at radius 1 is 1.11 bits per heavy atom. The lowest BCUT2D eigenvalue weighted by molar-refractivity contribution is -0.384. The minimum absolute atomic E-state index is 0.00654. The molecule has 3 aromatic rings. The molecule has 1 amide bonds. The van der Waals surface area contributed by atoms with Gasteiger partial charge in [-0.3, -0.25) is 14.9 Å². The Morgan fingerprint density at radius 3 is 2.64 bits per heavy atom. The average Bonchev–Trinajstić information content (AvgIpc) is 2.72. The first kappa shape index (κ1) is 19.8. The number of rotatable bonds is 7. The fraction of sp³-hybridized carbons (Fsp3) is 0.105. The van der Waals surface area contributed by atoms with Gasteiger partial charge in [-0.25, -0.2) is 0 Å². The Balaban J connectivity index is 1.54. The molecule has 0 aliphatic heterocycles. The van der Waals surface area contributed by atoms with Crippen molar-refractivity contribution in [1.82, 2.24) is 15.5 Å². The summed E-state index contributed by atoms with van der Waals surface area (Å²) in [4.78, 5) is 22.4. The lowest BCUT2D eigenvalue weighted by atomic mass is 10.1. The quantitative estimate of drug-likeness (QED) is 0.355. The minimum Gasteiger partial charge on any atom is -0.351 e. The van der Waals surface area contributed by atoms with E-state index >= 15 is 0 Å². The van der Waals surface area contributed by atoms with Gasteiger partial charge in [0.15, 0.2) is 0 Å². The first-order valence-corrected chi connectivity index (χ1v) is 9.61. The lowest BCUT2D eigenvalue weighted by Crippen LogP contribution is -2.24. The topological polar surface area (TPSA) is 98.0 Å². The van der Waals surface area contributed by atoms with Crippen molar-refractivity contribution in [3.8, 4) is 11.3 Å². The van der Waals surface area contributed by atoms with Gasteiger partial charge in [0.25, 0.3) is 5.69 Å². The predicted octanol–water partition coefficient (Wildman–Crippen LogP) is 4.11. The van der Waals surface area contributed by atoms with Crippen molar-refractivity contribution in [2.45, 2.75) is 11.6 Å². The summed E-state index contributed by atoms with van der Waals surface area (Å²) >= 11 is 7.31. The molecule has 2 aromatic carbocycles. The van der Waals surface area contributed by atoms with E-state index in [4.69, 9.17) is 11.6 Å². The maximum absolute atomic E-state index is 12.0. The molecule has 1 N–H and O–H groups in total. The summed E-state index contributed by atoms with van der Waals surface area (Å²) < 4.78 is 0. The van der Waals surface area contributed by atoms with Gasteiger partial charge in [0.2, 0.25) is 5.91 Å². The van der Waals surface area contributed by atoms with Crippen LogP contribution in [-0.2, 0) is 11.3 Å². The minimum atomic E-state index is -0.456. The van der Waals surface area contributed by atoms with E-state index in [-0.39, 0.29) is 17.3 Å². The zero-order valence-electron chi connectivity index (χ0n) is 14.5. The number of carbonyl (C=O) groups excluding carboxylic acids is 1. The molecule has 9 heteroatoms. The van der Waals surface area contributed by atoms with Crippen LogP contribution in [0.3, 0.4) is 0 Å². The van der Waals surface area contributed by atoms with Crippen molar-refractivity contribution in [2.75, 3.05) is 5.75 Å². The summed E-state index contributed by atoms with van der Waals surface area (Å²) in [5, 5.41) is 23.0. The molecule has 0 atom stereocenters. The monoisotopic (exact) mass is 414 g/mol. The third-order valence-corrected chi connectivity index (χ3v) is 5.07. The first-order valence-electron chi connectivity index (χ1n) is 8.24. The van der Waals surface area contributed by atoms with Crippen LogP contribution in [0.5, 0.6) is 0 Å². The predicted molar refractivity (Wildman–Crippen MR) is 108 cm³/mol. The molecular formula is C19H15ClN4O3S. The fourth-order valence-electron chi connectivity index (χ4n) is 2.36. The molecule has 0 radical (unpaired) electrons. The molecule has 142 valence electrons. The second-order valence-corrected chi connectivity index (χ2v) is 7.12. The number of hydrogen-bond donors (Lipinski definition) is 1. The number of nitro groups is 1. The number of benzene rings is 2. The molecule has 3 rings (SSSR count). The van der Waals surface area contributed by atoms with Crippen LogP contribution in [0.2, 0.25) is 5.02 Å². The Morgan fingerprint density at radius 2 is 1.93 bits per heavy atom. The summed E-state index contributed by atoms with van der Waals surface area (Å²) in [6.07, 6.45) is 0. The van der Waals surface area contributed by atoms with E-state index in [1.54, 1.807) is 30.3 Å². The van der Waals surface area contributed by atoms with Crippen molar-refractivity contribution in [3.05, 3.63) is 81.4 Å². The second-order valence-electron chi connectivity index (χ2n) is 5.72. The highest BCUT2D eigenvalue weighted by Crippen LogP contribution is 2.23. The highest BCUT2D eigenvalue weighted by atomic mass is 35.5. The molecule has 28 heavy (non-hydrogen) atoms. The first-order chi connectivity index (χ1) is 13.5. The summed E-state index contributed by atoms with van der Waals surface area (Å²) in [7, 11) is 0. The van der Waals surface area contributed by atoms with Crippen molar-refractivity contribution >= 4 is 35.0 Å². The van der Waals surface area contributed by atoms with Crippen LogP contribution in [0, 0.1) is 10.1 Å². The van der Waals surface area contributed by atoms with Gasteiger partial charge in [-0.2, -0.15) is 0 Å². The number of aromatic nitrogens is 2. The van der Waals surface area contributed by atoms with Crippen LogP contribution in [-0.4, -0.2) is 26.8 Å². The van der Waals surface area contributed by atoms with Crippen LogP contribution in [0.1, 0.15) is 5.56 Å². The molecule has 0 aliphatic carbocycles. The van der Waals surface area contributed by atoms with Crippen LogP contribution in [0.15, 0.2) is 65.7 Å². The number of hydrogen-bond acceptors (Lipinski definition) is 6. The van der Waals surface area contributed by atoms with E-state index in [1.165, 1.54) is 23.9 Å². The Hall–Kier alpha value is -2.97. The average molecular weight is 415 g/mol. The van der Waals surface area contributed by atoms with Crippen LogP contribution in [0.25, 0.3) is 11.3 Å². The number of nitrogens with zero attached hydrogens (tertiary/aromatic N) is 3. The number of halogens is 1. The molecule has 7 nitrogen and oxygen atoms in total. The van der Waals surface area contributed by atoms with Crippen LogP contribution in [0.4, 0.5) is 5.69 Å². The van der Waals surface area contributed by atoms with Gasteiger partial charge in [-0.1, -0.05) is 53.7 Å². The maximum Gasteiger partial charge on any atom is 0.270 e. The summed E-state index contributed by atoms with van der Waals surface area (Å²) in [6, 6.07) is 17.0. The van der Waals surface area contributed by atoms with E-state index in [2.05, 4.69) is 15.5 Å². The Kier molecular flexibility index (Phi) is 6.57. The van der Waals surface area contributed by atoms with Gasteiger partial charge >= 0.3 is 0 Å². The van der Waals surface area contributed by atoms with E-state index in [0.717, 1.165) is 5.56 Å². The molecule has 0 spiro atoms. The van der Waals surface area contributed by atoms with E-state index in [0.29, 0.717) is 27.9 Å². The molecule has 1 aromatic heterocycles. The summed E-state index contributed by atoms with van der Waals surface area (Å²) in [6.45, 7) is 0.358. The van der Waals surface area contributed by atoms with E-state index in [1.807, 2.05) is 18.2 Å². The van der Waals surface area contributed by atoms with Gasteiger partial charge in [0.1, 0.15) is 5.03 Å². The summed E-state index contributed by atoms with van der Waals surface area (Å²) in [5.41, 5.74) is 1.98. The Bertz CT molecular complexity index is 998. The van der Waals surface area contributed by atoms with Gasteiger partial charge in [0, 0.05) is 29.3 Å². The van der Waals surface area contributed by atoms with Gasteiger partial charge < -0.3 is 5.32 Å². The van der Waals surface area contributed by atoms with Crippen molar-refractivity contribution in [3.63, 3.8) is 0 Å². The molecule has 1 heterocycles. The van der Waals surface area contributed by atoms with E-state index in [9.17, 15) is 14.9 Å². The molecule has 0 bridgehead atoms. The highest BCUT2D eigenvalue weighted by Gasteiger charge is 2.10. The van der Waals surface area contributed by atoms with Crippen molar-refractivity contribution in [2.24, 2.45) is 0 Å². The zero-order chi connectivity index (χ0) is 19.9. The maximum atomic E-state index is 12.0. The SMILES string of the molecule is O=C(CSc1ccc(-c2cccc([N+](=O)[O-])c2)nn1)NCc1ccccc1Cl. The van der Waals surface area contributed by atoms with Gasteiger partial charge in [-0.15, -0.1) is 10.2 Å². The number of nitrogens with one attached hydrogen (secondary N) is 1. The normalized spacial score (nSPS) is 10.5. The second kappa shape index (κ2) is 9.29. The number of amides is 1. The van der Waals surface area contributed by atoms with Crippen LogP contribution >= 0.6 is 23.4 Å². The van der Waals surface area contributed by atoms with Crippen LogP contribution < -0.4 is 5.32 Å². The lowest BCUT2D eigenvalue weighted by Gasteiger charge is -2.06. The molecule has 0 unspecified atom stereocenters. The smallest absolute Gasteiger partial charge is 0.270 e. The highest BCUT2D eigenvalue weighted by molar-refractivity contribution is 7.99. The number of non-ortho nitro benzene ring substituents is 1. The fourth-order valence-corrected chi connectivity index (χ4v) is 3.20. The summed E-state index contributed by atoms with van der Waals surface area (Å²) in [5.74, 6) is 0.0458. The van der Waals surface area contributed by atoms with Crippen molar-refractivity contribution < 1.29 is 9.72 Å². The molecule has 0 saturated heterocycles. The van der Waals surface area contributed by atoms with Gasteiger partial charge in [0.05, 0.1) is 16.4 Å². The Labute approximate surface area is 170 Å². The molecule has 0 aliphatic rings. The number of nitro benzene ring substituents is 1. The standard InChI is InChI=1S/C19H15ClN4O3S/c20-16-7-2-1-4-14(16)11-21-18(25)12-28-19-9-8-17(22-23-19)13-5-3-6-15(10-13)24(26)27/h1-10H,11-12H2,(H,21,25). The molecular weight excluding hydrogens is 400 g/mol. The number of thioether (sulfide) groups is 1.